The van der Waals surface area contributed by atoms with E-state index >= 15 is 0 Å². The number of piperidine rings is 1. The van der Waals surface area contributed by atoms with Gasteiger partial charge in [0.25, 0.3) is 5.91 Å². The molecule has 1 unspecified atom stereocenters. The van der Waals surface area contributed by atoms with Crippen molar-refractivity contribution >= 4 is 24.2 Å². The van der Waals surface area contributed by atoms with Gasteiger partial charge >= 0.3 is 0 Å². The van der Waals surface area contributed by atoms with Gasteiger partial charge in [0.1, 0.15) is 0 Å². The maximum atomic E-state index is 12.5. The van der Waals surface area contributed by atoms with Gasteiger partial charge in [0.2, 0.25) is 5.91 Å². The van der Waals surface area contributed by atoms with E-state index in [4.69, 9.17) is 5.73 Å². The van der Waals surface area contributed by atoms with Crippen LogP contribution in [0.15, 0.2) is 24.3 Å². The van der Waals surface area contributed by atoms with Gasteiger partial charge < -0.3 is 16.0 Å². The first-order chi connectivity index (χ1) is 10.7. The van der Waals surface area contributed by atoms with Gasteiger partial charge in [0.15, 0.2) is 0 Å². The van der Waals surface area contributed by atoms with E-state index in [1.165, 1.54) is 0 Å². The fourth-order valence-electron chi connectivity index (χ4n) is 2.73. The summed E-state index contributed by atoms with van der Waals surface area (Å²) in [5.74, 6) is -0.0260. The number of nitrogens with one attached hydrogen (secondary N) is 1. The zero-order valence-corrected chi connectivity index (χ0v) is 14.4. The Labute approximate surface area is 144 Å². The number of nitrogens with two attached hydrogens (primary N) is 1. The molecule has 0 saturated carbocycles. The largest absolute Gasteiger partial charge is 0.356 e. The molecule has 0 bridgehead atoms. The van der Waals surface area contributed by atoms with Crippen LogP contribution in [0.2, 0.25) is 0 Å². The van der Waals surface area contributed by atoms with Crippen LogP contribution in [0.3, 0.4) is 0 Å². The molecule has 0 spiro atoms. The second kappa shape index (κ2) is 9.53. The van der Waals surface area contributed by atoms with E-state index in [9.17, 15) is 9.59 Å². The van der Waals surface area contributed by atoms with Gasteiger partial charge in [0.05, 0.1) is 5.92 Å². The summed E-state index contributed by atoms with van der Waals surface area (Å²) in [6.45, 7) is 4.42. The van der Waals surface area contributed by atoms with Crippen molar-refractivity contribution in [2.75, 3.05) is 19.6 Å². The van der Waals surface area contributed by atoms with Crippen molar-refractivity contribution < 1.29 is 9.59 Å². The van der Waals surface area contributed by atoms with Gasteiger partial charge in [-0.1, -0.05) is 19.1 Å². The molecular weight excluding hydrogens is 314 g/mol. The molecule has 2 amide bonds. The van der Waals surface area contributed by atoms with Crippen LogP contribution >= 0.6 is 12.4 Å². The van der Waals surface area contributed by atoms with Crippen LogP contribution in [0.5, 0.6) is 0 Å². The normalized spacial score (nSPS) is 17.3. The zero-order valence-electron chi connectivity index (χ0n) is 13.6. The van der Waals surface area contributed by atoms with Crippen LogP contribution in [0, 0.1) is 5.92 Å². The van der Waals surface area contributed by atoms with Gasteiger partial charge in [-0.15, -0.1) is 12.4 Å². The minimum Gasteiger partial charge on any atom is -0.356 e. The van der Waals surface area contributed by atoms with Crippen molar-refractivity contribution in [3.8, 4) is 0 Å². The summed E-state index contributed by atoms with van der Waals surface area (Å²) in [6.07, 6.45) is 2.65. The van der Waals surface area contributed by atoms with Crippen molar-refractivity contribution in [2.45, 2.75) is 32.7 Å². The number of carbonyl (C=O) groups excluding carboxylic acids is 2. The molecule has 2 rings (SSSR count). The van der Waals surface area contributed by atoms with Crippen molar-refractivity contribution in [2.24, 2.45) is 11.7 Å². The summed E-state index contributed by atoms with van der Waals surface area (Å²) < 4.78 is 0. The van der Waals surface area contributed by atoms with Gasteiger partial charge in [-0.25, -0.2) is 0 Å². The Hall–Kier alpha value is -1.59. The number of likely N-dealkylation sites (tertiary alicyclic amines) is 1. The van der Waals surface area contributed by atoms with Gasteiger partial charge in [0, 0.05) is 31.7 Å². The summed E-state index contributed by atoms with van der Waals surface area (Å²) in [6, 6.07) is 7.38. The third-order valence-electron chi connectivity index (χ3n) is 4.07. The molecule has 1 aromatic rings. The molecule has 1 aliphatic rings. The van der Waals surface area contributed by atoms with E-state index in [1.807, 2.05) is 31.2 Å². The number of benzene rings is 1. The second-order valence-electron chi connectivity index (χ2n) is 5.78. The molecule has 23 heavy (non-hydrogen) atoms. The first kappa shape index (κ1) is 19.5. The number of rotatable bonds is 5. The summed E-state index contributed by atoms with van der Waals surface area (Å²) in [5.41, 5.74) is 7.24. The molecule has 3 N–H and O–H groups in total. The van der Waals surface area contributed by atoms with Crippen molar-refractivity contribution in [3.63, 3.8) is 0 Å². The summed E-state index contributed by atoms with van der Waals surface area (Å²) in [7, 11) is 0. The molecule has 0 aliphatic carbocycles. The fourth-order valence-corrected chi connectivity index (χ4v) is 2.73. The van der Waals surface area contributed by atoms with Crippen LogP contribution < -0.4 is 11.1 Å². The minimum absolute atomic E-state index is 0. The van der Waals surface area contributed by atoms with Gasteiger partial charge in [-0.3, -0.25) is 9.59 Å². The molecule has 1 aliphatic heterocycles. The van der Waals surface area contributed by atoms with Crippen molar-refractivity contribution in [3.05, 3.63) is 35.4 Å². The lowest BCUT2D eigenvalue weighted by Crippen LogP contribution is -2.45. The van der Waals surface area contributed by atoms with Crippen LogP contribution in [0.25, 0.3) is 0 Å². The number of hydrogen-bond donors (Lipinski definition) is 2. The smallest absolute Gasteiger partial charge is 0.253 e. The van der Waals surface area contributed by atoms with E-state index < -0.39 is 0 Å². The first-order valence-corrected chi connectivity index (χ1v) is 8.01. The van der Waals surface area contributed by atoms with E-state index in [2.05, 4.69) is 5.32 Å². The Morgan fingerprint density at radius 2 is 2.00 bits per heavy atom. The SMILES string of the molecule is CCCNC(=O)C1CCCN(C(=O)c2ccc(CN)cc2)C1.Cl. The Bertz CT molecular complexity index is 519. The van der Waals surface area contributed by atoms with E-state index in [1.54, 1.807) is 4.90 Å². The Kier molecular flexibility index (Phi) is 8.06. The molecule has 0 radical (unpaired) electrons. The summed E-state index contributed by atoms with van der Waals surface area (Å²) >= 11 is 0. The summed E-state index contributed by atoms with van der Waals surface area (Å²) in [4.78, 5) is 26.4. The summed E-state index contributed by atoms with van der Waals surface area (Å²) in [5, 5.41) is 2.93. The maximum Gasteiger partial charge on any atom is 0.253 e. The standard InChI is InChI=1S/C17H25N3O2.ClH/c1-2-9-19-16(21)15-4-3-10-20(12-15)17(22)14-7-5-13(11-18)6-8-14;/h5-8,15H,2-4,9-12,18H2,1H3,(H,19,21);1H. The second-order valence-corrected chi connectivity index (χ2v) is 5.78. The first-order valence-electron chi connectivity index (χ1n) is 8.01. The van der Waals surface area contributed by atoms with E-state index in [-0.39, 0.29) is 30.1 Å². The third kappa shape index (κ3) is 5.22. The van der Waals surface area contributed by atoms with Gasteiger partial charge in [-0.05, 0) is 37.0 Å². The molecule has 1 heterocycles. The highest BCUT2D eigenvalue weighted by Crippen LogP contribution is 2.19. The highest BCUT2D eigenvalue weighted by Gasteiger charge is 2.28. The molecule has 6 heteroatoms. The molecular formula is C17H26ClN3O2. The van der Waals surface area contributed by atoms with Crippen molar-refractivity contribution in [1.82, 2.24) is 10.2 Å². The predicted octanol–water partition coefficient (Wildman–Crippen LogP) is 1.95. The molecule has 1 saturated heterocycles. The Morgan fingerprint density at radius 1 is 1.30 bits per heavy atom. The number of hydrogen-bond acceptors (Lipinski definition) is 3. The lowest BCUT2D eigenvalue weighted by Gasteiger charge is -2.32. The zero-order chi connectivity index (χ0) is 15.9. The average molecular weight is 340 g/mol. The Morgan fingerprint density at radius 3 is 2.61 bits per heavy atom. The third-order valence-corrected chi connectivity index (χ3v) is 4.07. The highest BCUT2D eigenvalue weighted by atomic mass is 35.5. The number of nitrogens with zero attached hydrogens (tertiary/aromatic N) is 1. The van der Waals surface area contributed by atoms with Crippen LogP contribution in [0.1, 0.15) is 42.1 Å². The number of amides is 2. The lowest BCUT2D eigenvalue weighted by atomic mass is 9.96. The lowest BCUT2D eigenvalue weighted by molar-refractivity contribution is -0.126. The quantitative estimate of drug-likeness (QED) is 0.860. The molecule has 1 fully saturated rings. The minimum atomic E-state index is -0.0902. The van der Waals surface area contributed by atoms with Crippen LogP contribution in [-0.4, -0.2) is 36.3 Å². The molecule has 1 aromatic carbocycles. The van der Waals surface area contributed by atoms with Crippen LogP contribution in [0.4, 0.5) is 0 Å². The topological polar surface area (TPSA) is 75.4 Å². The van der Waals surface area contributed by atoms with Crippen molar-refractivity contribution in [1.29, 1.82) is 0 Å². The molecule has 1 atom stereocenters. The van der Waals surface area contributed by atoms with E-state index in [0.29, 0.717) is 25.2 Å². The monoisotopic (exact) mass is 339 g/mol. The number of halogens is 1. The van der Waals surface area contributed by atoms with Crippen LogP contribution in [-0.2, 0) is 11.3 Å². The fraction of sp³-hybridized carbons (Fsp3) is 0.529. The highest BCUT2D eigenvalue weighted by molar-refractivity contribution is 5.94. The van der Waals surface area contributed by atoms with Gasteiger partial charge in [-0.2, -0.15) is 0 Å². The Balaban J connectivity index is 0.00000264. The number of carbonyl (C=O) groups is 2. The molecule has 5 nitrogen and oxygen atoms in total. The molecule has 0 aromatic heterocycles. The molecule has 128 valence electrons. The maximum absolute atomic E-state index is 12.5. The average Bonchev–Trinajstić information content (AvgIpc) is 2.59. The van der Waals surface area contributed by atoms with E-state index in [0.717, 1.165) is 31.4 Å². The predicted molar refractivity (Wildman–Crippen MR) is 93.5 cm³/mol.